The van der Waals surface area contributed by atoms with Crippen molar-refractivity contribution in [2.45, 2.75) is 6.92 Å². The third-order valence-electron chi connectivity index (χ3n) is 2.70. The first kappa shape index (κ1) is 14.2. The van der Waals surface area contributed by atoms with E-state index in [0.717, 1.165) is 0 Å². The molecule has 1 nitrogen and oxygen atoms in total. The van der Waals surface area contributed by atoms with Crippen molar-refractivity contribution in [2.75, 3.05) is 0 Å². The number of carbonyl (C=O) groups excluding carboxylic acids is 1. The number of ketones is 1. The van der Waals surface area contributed by atoms with Gasteiger partial charge in [0, 0.05) is 15.1 Å². The van der Waals surface area contributed by atoms with Gasteiger partial charge in [-0.3, -0.25) is 4.79 Å². The van der Waals surface area contributed by atoms with Gasteiger partial charge in [-0.1, -0.05) is 17.7 Å². The first-order chi connectivity index (χ1) is 8.91. The van der Waals surface area contributed by atoms with E-state index < -0.39 is 17.4 Å². The second kappa shape index (κ2) is 5.39. The first-order valence-corrected chi connectivity index (χ1v) is 6.53. The molecule has 2 rings (SSSR count). The van der Waals surface area contributed by atoms with Crippen LogP contribution in [-0.2, 0) is 0 Å². The molecule has 0 bridgehead atoms. The van der Waals surface area contributed by atoms with Crippen LogP contribution < -0.4 is 0 Å². The molecule has 0 aliphatic carbocycles. The minimum absolute atomic E-state index is 0.157. The maximum Gasteiger partial charge on any atom is 0.197 e. The van der Waals surface area contributed by atoms with Gasteiger partial charge < -0.3 is 0 Å². The summed E-state index contributed by atoms with van der Waals surface area (Å²) in [6.07, 6.45) is 0. The van der Waals surface area contributed by atoms with Crippen LogP contribution in [0, 0.1) is 18.6 Å². The summed E-state index contributed by atoms with van der Waals surface area (Å²) in [5.41, 5.74) is 0.0851. The smallest absolute Gasteiger partial charge is 0.197 e. The zero-order valence-corrected chi connectivity index (χ0v) is 12.1. The predicted molar refractivity (Wildman–Crippen MR) is 73.7 cm³/mol. The third kappa shape index (κ3) is 2.69. The molecular weight excluding hydrogens is 338 g/mol. The third-order valence-corrected chi connectivity index (χ3v) is 3.59. The SMILES string of the molecule is Cc1ccc(C(=O)c2ccc(Cl)cc2Br)c(F)c1F. The molecule has 19 heavy (non-hydrogen) atoms. The van der Waals surface area contributed by atoms with E-state index in [1.54, 1.807) is 0 Å². The molecule has 98 valence electrons. The fourth-order valence-corrected chi connectivity index (χ4v) is 2.50. The van der Waals surface area contributed by atoms with Crippen molar-refractivity contribution in [3.63, 3.8) is 0 Å². The van der Waals surface area contributed by atoms with E-state index in [2.05, 4.69) is 15.9 Å². The van der Waals surface area contributed by atoms with E-state index in [9.17, 15) is 13.6 Å². The van der Waals surface area contributed by atoms with Gasteiger partial charge in [0.2, 0.25) is 0 Å². The maximum atomic E-state index is 13.8. The van der Waals surface area contributed by atoms with Gasteiger partial charge in [0.25, 0.3) is 0 Å². The van der Waals surface area contributed by atoms with Gasteiger partial charge in [-0.15, -0.1) is 0 Å². The lowest BCUT2D eigenvalue weighted by atomic mass is 10.0. The molecule has 0 amide bonds. The summed E-state index contributed by atoms with van der Waals surface area (Å²) in [6.45, 7) is 1.44. The molecule has 0 aliphatic heterocycles. The number of aryl methyl sites for hydroxylation is 1. The number of benzene rings is 2. The minimum atomic E-state index is -1.13. The summed E-state index contributed by atoms with van der Waals surface area (Å²) in [4.78, 5) is 12.2. The molecule has 0 fully saturated rings. The summed E-state index contributed by atoms with van der Waals surface area (Å²) < 4.78 is 27.7. The lowest BCUT2D eigenvalue weighted by Crippen LogP contribution is -2.07. The van der Waals surface area contributed by atoms with Gasteiger partial charge in [-0.05, 0) is 52.7 Å². The topological polar surface area (TPSA) is 17.1 Å². The molecule has 2 aromatic carbocycles. The highest BCUT2D eigenvalue weighted by molar-refractivity contribution is 9.10. The molecule has 0 spiro atoms. The van der Waals surface area contributed by atoms with E-state index in [1.807, 2.05) is 0 Å². The van der Waals surface area contributed by atoms with Crippen molar-refractivity contribution >= 4 is 33.3 Å². The fourth-order valence-electron chi connectivity index (χ4n) is 1.64. The summed E-state index contributed by atoms with van der Waals surface area (Å²) >= 11 is 8.95. The van der Waals surface area contributed by atoms with Crippen LogP contribution in [0.5, 0.6) is 0 Å². The number of hydrogen-bond donors (Lipinski definition) is 0. The van der Waals surface area contributed by atoms with Crippen LogP contribution in [0.25, 0.3) is 0 Å². The van der Waals surface area contributed by atoms with E-state index in [1.165, 1.54) is 37.3 Å². The average Bonchev–Trinajstić information content (AvgIpc) is 2.35. The molecule has 0 heterocycles. The summed E-state index contributed by atoms with van der Waals surface area (Å²) in [5, 5.41) is 0.444. The van der Waals surface area contributed by atoms with Crippen LogP contribution >= 0.6 is 27.5 Å². The monoisotopic (exact) mass is 344 g/mol. The minimum Gasteiger partial charge on any atom is -0.288 e. The Morgan fingerprint density at radius 2 is 1.74 bits per heavy atom. The van der Waals surface area contributed by atoms with Crippen LogP contribution in [0.4, 0.5) is 8.78 Å². The molecule has 5 heteroatoms. The Hall–Kier alpha value is -1.26. The Bertz CT molecular complexity index is 671. The summed E-state index contributed by atoms with van der Waals surface area (Å²) in [7, 11) is 0. The zero-order chi connectivity index (χ0) is 14.2. The zero-order valence-electron chi connectivity index (χ0n) is 9.81. The highest BCUT2D eigenvalue weighted by atomic mass is 79.9. The molecule has 0 unspecified atom stereocenters. The molecule has 0 aromatic heterocycles. The van der Waals surface area contributed by atoms with Crippen molar-refractivity contribution in [3.8, 4) is 0 Å². The second-order valence-corrected chi connectivity index (χ2v) is 5.30. The number of halogens is 4. The fraction of sp³-hybridized carbons (Fsp3) is 0.0714. The maximum absolute atomic E-state index is 13.8. The van der Waals surface area contributed by atoms with E-state index in [0.29, 0.717) is 9.50 Å². The molecule has 0 radical (unpaired) electrons. The lowest BCUT2D eigenvalue weighted by molar-refractivity contribution is 0.103. The van der Waals surface area contributed by atoms with Crippen LogP contribution in [0.1, 0.15) is 21.5 Å². The Kier molecular flexibility index (Phi) is 4.02. The standard InChI is InChI=1S/C14H8BrClF2O/c1-7-2-4-10(13(18)12(7)17)14(19)9-5-3-8(16)6-11(9)15/h2-6H,1H3. The molecule has 0 saturated carbocycles. The lowest BCUT2D eigenvalue weighted by Gasteiger charge is -2.07. The van der Waals surface area contributed by atoms with Crippen molar-refractivity contribution in [1.82, 2.24) is 0 Å². The first-order valence-electron chi connectivity index (χ1n) is 5.36. The average molecular weight is 346 g/mol. The van der Waals surface area contributed by atoms with Crippen molar-refractivity contribution in [3.05, 3.63) is 68.2 Å². The van der Waals surface area contributed by atoms with Gasteiger partial charge in [-0.2, -0.15) is 0 Å². The normalized spacial score (nSPS) is 10.6. The number of rotatable bonds is 2. The van der Waals surface area contributed by atoms with E-state index in [4.69, 9.17) is 11.6 Å². The van der Waals surface area contributed by atoms with Crippen LogP contribution in [0.3, 0.4) is 0 Å². The summed E-state index contributed by atoms with van der Waals surface area (Å²) in [5.74, 6) is -2.73. The summed E-state index contributed by atoms with van der Waals surface area (Å²) in [6, 6.07) is 7.15. The van der Waals surface area contributed by atoms with Gasteiger partial charge in [-0.25, -0.2) is 8.78 Å². The Morgan fingerprint density at radius 3 is 2.37 bits per heavy atom. The molecule has 2 aromatic rings. The van der Waals surface area contributed by atoms with Crippen LogP contribution in [0.2, 0.25) is 5.02 Å². The second-order valence-electron chi connectivity index (χ2n) is 4.01. The van der Waals surface area contributed by atoms with Gasteiger partial charge in [0.15, 0.2) is 17.4 Å². The number of hydrogen-bond acceptors (Lipinski definition) is 1. The van der Waals surface area contributed by atoms with E-state index >= 15 is 0 Å². The van der Waals surface area contributed by atoms with E-state index in [-0.39, 0.29) is 16.7 Å². The molecule has 0 aliphatic rings. The van der Waals surface area contributed by atoms with Crippen LogP contribution in [-0.4, -0.2) is 5.78 Å². The quantitative estimate of drug-likeness (QED) is 0.706. The van der Waals surface area contributed by atoms with Gasteiger partial charge in [0.05, 0.1) is 5.56 Å². The van der Waals surface area contributed by atoms with Crippen LogP contribution in [0.15, 0.2) is 34.8 Å². The Labute approximate surface area is 122 Å². The van der Waals surface area contributed by atoms with Gasteiger partial charge in [0.1, 0.15) is 0 Å². The molecular formula is C14H8BrClF2O. The molecule has 0 atom stereocenters. The van der Waals surface area contributed by atoms with Gasteiger partial charge >= 0.3 is 0 Å². The van der Waals surface area contributed by atoms with Crippen molar-refractivity contribution in [1.29, 1.82) is 0 Å². The number of carbonyl (C=O) groups is 1. The Morgan fingerprint density at radius 1 is 1.11 bits per heavy atom. The van der Waals surface area contributed by atoms with Crippen molar-refractivity contribution in [2.24, 2.45) is 0 Å². The highest BCUT2D eigenvalue weighted by Crippen LogP contribution is 2.26. The van der Waals surface area contributed by atoms with Crippen molar-refractivity contribution < 1.29 is 13.6 Å². The molecule has 0 N–H and O–H groups in total. The molecule has 0 saturated heterocycles. The Balaban J connectivity index is 2.53. The highest BCUT2D eigenvalue weighted by Gasteiger charge is 2.20. The predicted octanol–water partition coefficient (Wildman–Crippen LogP) is 4.92. The largest absolute Gasteiger partial charge is 0.288 e.